The molecule has 4 rings (SSSR count). The third-order valence-electron chi connectivity index (χ3n) is 5.06. The highest BCUT2D eigenvalue weighted by molar-refractivity contribution is 6.30. The van der Waals surface area contributed by atoms with Gasteiger partial charge in [0.2, 0.25) is 0 Å². The maximum absolute atomic E-state index is 12.6. The Morgan fingerprint density at radius 2 is 1.80 bits per heavy atom. The van der Waals surface area contributed by atoms with Crippen LogP contribution >= 0.6 is 0 Å². The number of carbonyl (C=O) groups is 4. The summed E-state index contributed by atoms with van der Waals surface area (Å²) in [4.78, 5) is 68.4. The smallest absolute Gasteiger partial charge is 0.418 e. The molecule has 2 fully saturated rings. The number of fused-ring (bicyclic) bond motifs is 1. The molecule has 184 valence electrons. The SMILES string of the molecule is C[C@H](N)C(=O)ONc1ccn([C@@H]2O[C@H](COC(=O)c3ccccc3)[C@H]3OC(=O)C(=O)O[C@H]32)c(=O)n1. The maximum atomic E-state index is 12.6. The molecule has 2 saturated heterocycles. The molecule has 3 N–H and O–H groups in total. The van der Waals surface area contributed by atoms with Crippen LogP contribution in [0.25, 0.3) is 0 Å². The van der Waals surface area contributed by atoms with Crippen LogP contribution in [0.5, 0.6) is 0 Å². The summed E-state index contributed by atoms with van der Waals surface area (Å²) in [5.41, 5.74) is 7.01. The lowest BCUT2D eigenvalue weighted by Gasteiger charge is -2.28. The molecule has 0 bridgehead atoms. The van der Waals surface area contributed by atoms with Crippen LogP contribution in [0.1, 0.15) is 23.5 Å². The first-order chi connectivity index (χ1) is 16.7. The zero-order valence-corrected chi connectivity index (χ0v) is 18.2. The van der Waals surface area contributed by atoms with Crippen molar-refractivity contribution >= 4 is 29.7 Å². The van der Waals surface area contributed by atoms with Crippen LogP contribution in [0.4, 0.5) is 5.82 Å². The second-order valence-corrected chi connectivity index (χ2v) is 7.58. The van der Waals surface area contributed by atoms with Crippen LogP contribution in [0.3, 0.4) is 0 Å². The van der Waals surface area contributed by atoms with Gasteiger partial charge in [0.25, 0.3) is 0 Å². The first kappa shape index (κ1) is 23.8. The Balaban J connectivity index is 1.50. The van der Waals surface area contributed by atoms with Crippen molar-refractivity contribution in [2.75, 3.05) is 12.1 Å². The van der Waals surface area contributed by atoms with Crippen LogP contribution in [0.2, 0.25) is 0 Å². The second-order valence-electron chi connectivity index (χ2n) is 7.58. The molecule has 0 unspecified atom stereocenters. The van der Waals surface area contributed by atoms with Crippen molar-refractivity contribution in [2.45, 2.75) is 37.5 Å². The zero-order valence-electron chi connectivity index (χ0n) is 18.2. The summed E-state index contributed by atoms with van der Waals surface area (Å²) in [6, 6.07) is 8.55. The van der Waals surface area contributed by atoms with Gasteiger partial charge in [-0.2, -0.15) is 4.98 Å². The van der Waals surface area contributed by atoms with Crippen LogP contribution in [-0.4, -0.2) is 64.4 Å². The van der Waals surface area contributed by atoms with E-state index in [1.54, 1.807) is 30.3 Å². The molecule has 2 aliphatic rings. The number of nitrogens with two attached hydrogens (primary N) is 1. The first-order valence-electron chi connectivity index (χ1n) is 10.4. The maximum Gasteiger partial charge on any atom is 0.418 e. The number of anilines is 1. The Morgan fingerprint density at radius 1 is 1.11 bits per heavy atom. The number of nitrogens with one attached hydrogen (secondary N) is 1. The molecule has 2 aromatic rings. The molecular formula is C21H20N4O10. The monoisotopic (exact) mass is 488 g/mol. The van der Waals surface area contributed by atoms with Crippen molar-refractivity contribution in [2.24, 2.45) is 5.73 Å². The Bertz CT molecular complexity index is 1200. The van der Waals surface area contributed by atoms with Gasteiger partial charge < -0.3 is 29.5 Å². The Hall–Kier alpha value is -4.30. The molecule has 0 spiro atoms. The van der Waals surface area contributed by atoms with Crippen LogP contribution in [0, 0.1) is 0 Å². The predicted molar refractivity (Wildman–Crippen MR) is 112 cm³/mol. The fourth-order valence-corrected chi connectivity index (χ4v) is 3.35. The summed E-state index contributed by atoms with van der Waals surface area (Å²) in [6.07, 6.45) is -3.42. The van der Waals surface area contributed by atoms with Crippen molar-refractivity contribution in [1.29, 1.82) is 0 Å². The molecular weight excluding hydrogens is 468 g/mol. The van der Waals surface area contributed by atoms with E-state index in [0.717, 1.165) is 4.57 Å². The standard InChI is InChI=1S/C21H20N4O10/c1-10(22)17(26)35-24-13-7-8-25(21(30)23-13)16-15-14(33-19(28)20(29)34-15)12(32-16)9-31-18(27)11-5-3-2-4-6-11/h2-8,10,12,14-16H,9,22H2,1H3,(H,23,24,30)/t10-,12+,14+,15+,16+/m0/s1. The summed E-state index contributed by atoms with van der Waals surface area (Å²) in [7, 11) is 0. The number of aromatic nitrogens is 2. The van der Waals surface area contributed by atoms with E-state index >= 15 is 0 Å². The molecule has 0 amide bonds. The second kappa shape index (κ2) is 9.90. The Labute approximate surface area is 196 Å². The van der Waals surface area contributed by atoms with Crippen LogP contribution in [0.15, 0.2) is 47.4 Å². The summed E-state index contributed by atoms with van der Waals surface area (Å²) in [5, 5.41) is 0. The number of esters is 3. The Kier molecular flexibility index (Phi) is 6.75. The van der Waals surface area contributed by atoms with Gasteiger partial charge >= 0.3 is 29.6 Å². The van der Waals surface area contributed by atoms with Crippen LogP contribution in [-0.2, 0) is 38.2 Å². The number of carbonyl (C=O) groups excluding carboxylic acids is 4. The molecule has 1 aromatic heterocycles. The van der Waals surface area contributed by atoms with Crippen molar-refractivity contribution in [3.63, 3.8) is 0 Å². The largest absolute Gasteiger partial charge is 0.459 e. The Morgan fingerprint density at radius 3 is 2.46 bits per heavy atom. The molecule has 1 aromatic carbocycles. The average molecular weight is 488 g/mol. The third kappa shape index (κ3) is 5.12. The lowest BCUT2D eigenvalue weighted by molar-refractivity contribution is -0.195. The van der Waals surface area contributed by atoms with E-state index in [1.807, 2.05) is 0 Å². The first-order valence-corrected chi connectivity index (χ1v) is 10.4. The average Bonchev–Trinajstić information content (AvgIpc) is 3.18. The lowest BCUT2D eigenvalue weighted by Crippen LogP contribution is -2.48. The van der Waals surface area contributed by atoms with Crippen LogP contribution < -0.4 is 16.9 Å². The molecule has 5 atom stereocenters. The number of rotatable bonds is 7. The molecule has 0 aliphatic carbocycles. The minimum atomic E-state index is -1.26. The minimum Gasteiger partial charge on any atom is -0.459 e. The zero-order chi connectivity index (χ0) is 25.1. The fraction of sp³-hybridized carbons (Fsp3) is 0.333. The van der Waals surface area contributed by atoms with E-state index in [2.05, 4.69) is 10.5 Å². The number of nitrogens with zero attached hydrogens (tertiary/aromatic N) is 2. The molecule has 0 saturated carbocycles. The topological polar surface area (TPSA) is 187 Å². The lowest BCUT2D eigenvalue weighted by atomic mass is 10.1. The highest BCUT2D eigenvalue weighted by Gasteiger charge is 2.55. The molecule has 0 radical (unpaired) electrons. The minimum absolute atomic E-state index is 0.102. The van der Waals surface area contributed by atoms with E-state index in [-0.39, 0.29) is 12.4 Å². The third-order valence-corrected chi connectivity index (χ3v) is 5.06. The van der Waals surface area contributed by atoms with Gasteiger partial charge in [0.1, 0.15) is 18.8 Å². The van der Waals surface area contributed by atoms with E-state index in [1.165, 1.54) is 19.2 Å². The van der Waals surface area contributed by atoms with Gasteiger partial charge in [-0.15, -0.1) is 0 Å². The van der Waals surface area contributed by atoms with Gasteiger partial charge in [0.05, 0.1) is 5.56 Å². The summed E-state index contributed by atoms with van der Waals surface area (Å²) >= 11 is 0. The molecule has 35 heavy (non-hydrogen) atoms. The highest BCUT2D eigenvalue weighted by atomic mass is 16.7. The van der Waals surface area contributed by atoms with Gasteiger partial charge in [-0.3, -0.25) is 4.57 Å². The van der Waals surface area contributed by atoms with Gasteiger partial charge in [0.15, 0.2) is 24.3 Å². The normalized spacial score (nSPS) is 23.9. The van der Waals surface area contributed by atoms with Crippen molar-refractivity contribution in [1.82, 2.24) is 9.55 Å². The van der Waals surface area contributed by atoms with E-state index < -0.39 is 60.1 Å². The van der Waals surface area contributed by atoms with Crippen molar-refractivity contribution < 1.29 is 43.0 Å². The molecule has 2 aliphatic heterocycles. The number of hydrogen-bond acceptors (Lipinski definition) is 13. The molecule has 3 heterocycles. The fourth-order valence-electron chi connectivity index (χ4n) is 3.35. The summed E-state index contributed by atoms with van der Waals surface area (Å²) in [6.45, 7) is 1.06. The quantitative estimate of drug-likeness (QED) is 0.210. The van der Waals surface area contributed by atoms with Gasteiger partial charge in [-0.1, -0.05) is 18.2 Å². The molecule has 14 nitrogen and oxygen atoms in total. The van der Waals surface area contributed by atoms with Gasteiger partial charge in [-0.05, 0) is 19.1 Å². The number of ether oxygens (including phenoxy) is 4. The predicted octanol–water partition coefficient (Wildman–Crippen LogP) is -0.948. The summed E-state index contributed by atoms with van der Waals surface area (Å²) in [5.74, 6) is -4.03. The van der Waals surface area contributed by atoms with Crippen molar-refractivity contribution in [3.8, 4) is 0 Å². The van der Waals surface area contributed by atoms with Gasteiger partial charge in [0, 0.05) is 12.3 Å². The van der Waals surface area contributed by atoms with E-state index in [0.29, 0.717) is 5.56 Å². The highest BCUT2D eigenvalue weighted by Crippen LogP contribution is 2.35. The number of benzene rings is 1. The molecule has 14 heteroatoms. The van der Waals surface area contributed by atoms with Crippen molar-refractivity contribution in [3.05, 3.63) is 58.6 Å². The summed E-state index contributed by atoms with van der Waals surface area (Å²) < 4.78 is 22.3. The van der Waals surface area contributed by atoms with E-state index in [9.17, 15) is 24.0 Å². The number of hydrogen-bond donors (Lipinski definition) is 2. The van der Waals surface area contributed by atoms with Gasteiger partial charge in [-0.25, -0.2) is 29.5 Å². The van der Waals surface area contributed by atoms with E-state index in [4.69, 9.17) is 29.5 Å².